The van der Waals surface area contributed by atoms with E-state index in [1.54, 1.807) is 18.3 Å². The van der Waals surface area contributed by atoms with E-state index in [0.29, 0.717) is 19.0 Å². The molecule has 2 heterocycles. The zero-order valence-corrected chi connectivity index (χ0v) is 14.1. The molecule has 130 valence electrons. The fourth-order valence-corrected chi connectivity index (χ4v) is 2.44. The number of benzene rings is 1. The van der Waals surface area contributed by atoms with Gasteiger partial charge in [-0.15, -0.1) is 0 Å². The van der Waals surface area contributed by atoms with Crippen LogP contribution in [0, 0.1) is 13.8 Å². The van der Waals surface area contributed by atoms with Crippen LogP contribution in [0.25, 0.3) is 0 Å². The number of nitrogens with zero attached hydrogens (tertiary/aromatic N) is 1. The molecule has 3 rings (SSSR count). The number of ether oxygens (including phenoxy) is 1. The maximum Gasteiger partial charge on any atom is 0.315 e. The van der Waals surface area contributed by atoms with Crippen molar-refractivity contribution in [1.82, 2.24) is 20.9 Å². The number of hydrogen-bond acceptors (Lipinski definition) is 4. The number of urea groups is 1. The molecule has 3 amide bonds. The van der Waals surface area contributed by atoms with Gasteiger partial charge in [0.15, 0.2) is 0 Å². The van der Waals surface area contributed by atoms with E-state index in [1.807, 2.05) is 32.0 Å². The minimum atomic E-state index is -0.541. The molecule has 1 aliphatic heterocycles. The van der Waals surface area contributed by atoms with E-state index in [4.69, 9.17) is 4.74 Å². The normalized spacial score (nSPS) is 16.1. The number of amides is 3. The Bertz CT molecular complexity index is 807. The van der Waals surface area contributed by atoms with Gasteiger partial charge in [-0.05, 0) is 48.7 Å². The number of pyridine rings is 1. The molecule has 1 aromatic heterocycles. The molecule has 0 spiro atoms. The minimum absolute atomic E-state index is 0.230. The van der Waals surface area contributed by atoms with Crippen LogP contribution in [0.1, 0.15) is 16.7 Å². The van der Waals surface area contributed by atoms with Gasteiger partial charge >= 0.3 is 6.03 Å². The second-order valence-corrected chi connectivity index (χ2v) is 5.98. The van der Waals surface area contributed by atoms with Gasteiger partial charge in [0.1, 0.15) is 11.8 Å². The summed E-state index contributed by atoms with van der Waals surface area (Å²) in [5.41, 5.74) is 3.21. The van der Waals surface area contributed by atoms with Gasteiger partial charge in [-0.2, -0.15) is 0 Å². The Kier molecular flexibility index (Phi) is 4.83. The van der Waals surface area contributed by atoms with Gasteiger partial charge in [-0.3, -0.25) is 4.79 Å². The first-order chi connectivity index (χ1) is 12.0. The van der Waals surface area contributed by atoms with Gasteiger partial charge in [-0.1, -0.05) is 6.07 Å². The van der Waals surface area contributed by atoms with Crippen molar-refractivity contribution in [2.75, 3.05) is 6.54 Å². The Labute approximate surface area is 145 Å². The lowest BCUT2D eigenvalue weighted by Gasteiger charge is -2.11. The van der Waals surface area contributed by atoms with Crippen LogP contribution in [-0.4, -0.2) is 29.5 Å². The lowest BCUT2D eigenvalue weighted by molar-refractivity contribution is -0.122. The Morgan fingerprint density at radius 1 is 1.28 bits per heavy atom. The first-order valence-corrected chi connectivity index (χ1v) is 8.03. The van der Waals surface area contributed by atoms with E-state index in [9.17, 15) is 9.59 Å². The highest BCUT2D eigenvalue weighted by Crippen LogP contribution is 2.22. The van der Waals surface area contributed by atoms with Crippen molar-refractivity contribution >= 4 is 11.9 Å². The molecule has 0 unspecified atom stereocenters. The zero-order valence-electron chi connectivity index (χ0n) is 14.1. The molecule has 1 saturated heterocycles. The first kappa shape index (κ1) is 16.8. The Hall–Kier alpha value is -3.09. The maximum absolute atomic E-state index is 12.0. The van der Waals surface area contributed by atoms with Crippen LogP contribution in [0.3, 0.4) is 0 Å². The summed E-state index contributed by atoms with van der Waals surface area (Å²) in [7, 11) is 0. The van der Waals surface area contributed by atoms with E-state index >= 15 is 0 Å². The molecule has 7 nitrogen and oxygen atoms in total. The third kappa shape index (κ3) is 4.26. The van der Waals surface area contributed by atoms with E-state index in [-0.39, 0.29) is 11.9 Å². The van der Waals surface area contributed by atoms with E-state index in [2.05, 4.69) is 20.9 Å². The monoisotopic (exact) mass is 340 g/mol. The molecule has 1 aliphatic rings. The number of aromatic nitrogens is 1. The number of nitrogens with one attached hydrogen (secondary N) is 3. The molecule has 3 N–H and O–H groups in total. The number of carbonyl (C=O) groups excluding carboxylic acids is 2. The summed E-state index contributed by atoms with van der Waals surface area (Å²) in [6, 6.07) is 8.57. The van der Waals surface area contributed by atoms with Crippen molar-refractivity contribution in [3.63, 3.8) is 0 Å². The average molecular weight is 340 g/mol. The lowest BCUT2D eigenvalue weighted by atomic mass is 10.1. The summed E-state index contributed by atoms with van der Waals surface area (Å²) in [6.07, 6.45) is 1.64. The summed E-state index contributed by atoms with van der Waals surface area (Å²) in [5.74, 6) is 0.953. The van der Waals surface area contributed by atoms with Crippen molar-refractivity contribution < 1.29 is 14.3 Å². The van der Waals surface area contributed by atoms with Gasteiger partial charge < -0.3 is 20.7 Å². The molecule has 1 aromatic carbocycles. The van der Waals surface area contributed by atoms with Crippen molar-refractivity contribution in [2.24, 2.45) is 0 Å². The largest absolute Gasteiger partial charge is 0.439 e. The number of hydrogen-bond donors (Lipinski definition) is 3. The molecular formula is C18H20N4O3. The summed E-state index contributed by atoms with van der Waals surface area (Å²) < 4.78 is 5.78. The van der Waals surface area contributed by atoms with Crippen LogP contribution in [0.2, 0.25) is 0 Å². The molecule has 2 aromatic rings. The second kappa shape index (κ2) is 7.21. The Balaban J connectivity index is 1.60. The van der Waals surface area contributed by atoms with Gasteiger partial charge in [0.25, 0.3) is 0 Å². The summed E-state index contributed by atoms with van der Waals surface area (Å²) in [6.45, 7) is 4.69. The third-order valence-corrected chi connectivity index (χ3v) is 4.06. The van der Waals surface area contributed by atoms with E-state index < -0.39 is 6.04 Å². The summed E-state index contributed by atoms with van der Waals surface area (Å²) >= 11 is 0. The third-order valence-electron chi connectivity index (χ3n) is 4.06. The highest BCUT2D eigenvalue weighted by molar-refractivity contribution is 5.90. The molecule has 0 radical (unpaired) electrons. The zero-order chi connectivity index (χ0) is 17.8. The predicted molar refractivity (Wildman–Crippen MR) is 92.4 cm³/mol. The Morgan fingerprint density at radius 3 is 2.84 bits per heavy atom. The quantitative estimate of drug-likeness (QED) is 0.774. The maximum atomic E-state index is 12.0. The number of rotatable bonds is 5. The smallest absolute Gasteiger partial charge is 0.315 e. The molecule has 0 aliphatic carbocycles. The molecule has 0 saturated carbocycles. The summed E-state index contributed by atoms with van der Waals surface area (Å²) in [5, 5.41) is 7.89. The van der Waals surface area contributed by atoms with Crippen molar-refractivity contribution in [3.05, 3.63) is 53.2 Å². The first-order valence-electron chi connectivity index (χ1n) is 8.03. The van der Waals surface area contributed by atoms with Gasteiger partial charge in [0, 0.05) is 25.4 Å². The fraction of sp³-hybridized carbons (Fsp3) is 0.278. The molecule has 1 atom stereocenters. The fourth-order valence-electron chi connectivity index (χ4n) is 2.44. The molecule has 7 heteroatoms. The topological polar surface area (TPSA) is 92.4 Å². The lowest BCUT2D eigenvalue weighted by Crippen LogP contribution is -2.42. The highest BCUT2D eigenvalue weighted by Gasteiger charge is 2.26. The van der Waals surface area contributed by atoms with Crippen LogP contribution >= 0.6 is 0 Å². The van der Waals surface area contributed by atoms with Gasteiger partial charge in [0.05, 0.1) is 0 Å². The van der Waals surface area contributed by atoms with Crippen LogP contribution in [0.5, 0.6) is 11.6 Å². The van der Waals surface area contributed by atoms with Crippen LogP contribution in [-0.2, 0) is 11.3 Å². The molecular weight excluding hydrogens is 320 g/mol. The average Bonchev–Trinajstić information content (AvgIpc) is 3.03. The highest BCUT2D eigenvalue weighted by atomic mass is 16.5. The standard InChI is InChI=1S/C18H20N4O3/c1-11-3-4-14(7-12(11)2)25-16-8-13(5-6-19-16)9-20-17(23)15-10-21-18(24)22-15/h3-8,15H,9-10H2,1-2H3,(H,20,23)(H2,21,22,24)/t15-/m1/s1. The van der Waals surface area contributed by atoms with E-state index in [1.165, 1.54) is 5.56 Å². The SMILES string of the molecule is Cc1ccc(Oc2cc(CNC(=O)[C@H]3CNC(=O)N3)ccn2)cc1C. The number of carbonyl (C=O) groups is 2. The van der Waals surface area contributed by atoms with Crippen LogP contribution in [0.4, 0.5) is 4.79 Å². The van der Waals surface area contributed by atoms with E-state index in [0.717, 1.165) is 16.9 Å². The molecule has 25 heavy (non-hydrogen) atoms. The van der Waals surface area contributed by atoms with Gasteiger partial charge in [0.2, 0.25) is 11.8 Å². The van der Waals surface area contributed by atoms with Crippen molar-refractivity contribution in [1.29, 1.82) is 0 Å². The van der Waals surface area contributed by atoms with Crippen molar-refractivity contribution in [2.45, 2.75) is 26.4 Å². The van der Waals surface area contributed by atoms with Crippen LogP contribution < -0.4 is 20.7 Å². The second-order valence-electron chi connectivity index (χ2n) is 5.98. The summed E-state index contributed by atoms with van der Waals surface area (Å²) in [4.78, 5) is 27.3. The number of aryl methyl sites for hydroxylation is 2. The molecule has 1 fully saturated rings. The van der Waals surface area contributed by atoms with Crippen LogP contribution in [0.15, 0.2) is 36.5 Å². The minimum Gasteiger partial charge on any atom is -0.439 e. The van der Waals surface area contributed by atoms with Gasteiger partial charge in [-0.25, -0.2) is 9.78 Å². The molecule has 0 bridgehead atoms. The van der Waals surface area contributed by atoms with Crippen molar-refractivity contribution in [3.8, 4) is 11.6 Å². The predicted octanol–water partition coefficient (Wildman–Crippen LogP) is 1.79. The Morgan fingerprint density at radius 2 is 2.12 bits per heavy atom.